The van der Waals surface area contributed by atoms with Crippen molar-refractivity contribution in [1.82, 2.24) is 14.8 Å². The highest BCUT2D eigenvalue weighted by Gasteiger charge is 2.35. The third-order valence-electron chi connectivity index (χ3n) is 6.18. The Morgan fingerprint density at radius 3 is 2.45 bits per heavy atom. The van der Waals surface area contributed by atoms with E-state index in [9.17, 15) is 9.59 Å². The fourth-order valence-corrected chi connectivity index (χ4v) is 5.11. The molecule has 2 fully saturated rings. The van der Waals surface area contributed by atoms with Gasteiger partial charge in [-0.3, -0.25) is 10.1 Å². The van der Waals surface area contributed by atoms with E-state index in [1.807, 2.05) is 11.8 Å². The molecule has 1 aromatic rings. The Kier molecular flexibility index (Phi) is 7.89. The van der Waals surface area contributed by atoms with Crippen LogP contribution in [0.3, 0.4) is 0 Å². The number of aromatic nitrogens is 1. The van der Waals surface area contributed by atoms with Crippen molar-refractivity contribution in [3.05, 3.63) is 11.1 Å². The summed E-state index contributed by atoms with van der Waals surface area (Å²) in [6.45, 7) is 6.15. The van der Waals surface area contributed by atoms with Crippen molar-refractivity contribution in [2.75, 3.05) is 32.1 Å². The summed E-state index contributed by atoms with van der Waals surface area (Å²) >= 11 is 1.50. The summed E-state index contributed by atoms with van der Waals surface area (Å²) in [7, 11) is 1.62. The van der Waals surface area contributed by atoms with E-state index in [1.54, 1.807) is 13.3 Å². The molecule has 2 heterocycles. The first kappa shape index (κ1) is 22.0. The predicted molar refractivity (Wildman–Crippen MR) is 115 cm³/mol. The van der Waals surface area contributed by atoms with Crippen LogP contribution in [0.25, 0.3) is 0 Å². The van der Waals surface area contributed by atoms with E-state index in [4.69, 9.17) is 4.74 Å². The number of anilines is 1. The Bertz CT molecular complexity index is 679. The largest absolute Gasteiger partial charge is 0.384 e. The van der Waals surface area contributed by atoms with Gasteiger partial charge in [-0.15, -0.1) is 11.3 Å². The lowest BCUT2D eigenvalue weighted by molar-refractivity contribution is -0.133. The molecule has 2 aliphatic rings. The van der Waals surface area contributed by atoms with Crippen LogP contribution in [0.1, 0.15) is 56.7 Å². The highest BCUT2D eigenvalue weighted by Crippen LogP contribution is 2.31. The molecular weight excluding hydrogens is 388 g/mol. The van der Waals surface area contributed by atoms with E-state index in [0.717, 1.165) is 36.5 Å². The number of ether oxygens (including phenoxy) is 1. The smallest absolute Gasteiger partial charge is 0.324 e. The van der Waals surface area contributed by atoms with Gasteiger partial charge in [0.1, 0.15) is 0 Å². The number of methoxy groups -OCH3 is 1. The number of aryl methyl sites for hydroxylation is 1. The molecule has 3 rings (SSSR count). The van der Waals surface area contributed by atoms with Crippen LogP contribution in [0.5, 0.6) is 0 Å². The van der Waals surface area contributed by atoms with Crippen molar-refractivity contribution in [2.45, 2.75) is 70.9 Å². The summed E-state index contributed by atoms with van der Waals surface area (Å²) in [4.78, 5) is 34.9. The molecule has 29 heavy (non-hydrogen) atoms. The molecule has 0 bridgehead atoms. The number of likely N-dealkylation sites (tertiary alicyclic amines) is 1. The van der Waals surface area contributed by atoms with Crippen molar-refractivity contribution in [1.29, 1.82) is 0 Å². The normalized spacial score (nSPS) is 23.1. The highest BCUT2D eigenvalue weighted by atomic mass is 32.1. The molecule has 0 aromatic carbocycles. The van der Waals surface area contributed by atoms with Crippen molar-refractivity contribution >= 4 is 28.4 Å². The zero-order valence-electron chi connectivity index (χ0n) is 17.9. The minimum absolute atomic E-state index is 0.0388. The van der Waals surface area contributed by atoms with Crippen LogP contribution in [-0.4, -0.2) is 65.6 Å². The molecule has 1 saturated carbocycles. The maximum atomic E-state index is 13.2. The predicted octanol–water partition coefficient (Wildman–Crippen LogP) is 3.89. The highest BCUT2D eigenvalue weighted by molar-refractivity contribution is 7.15. The van der Waals surface area contributed by atoms with E-state index in [0.29, 0.717) is 31.2 Å². The lowest BCUT2D eigenvalue weighted by Gasteiger charge is -2.44. The summed E-state index contributed by atoms with van der Waals surface area (Å²) in [5.74, 6) is 0.879. The van der Waals surface area contributed by atoms with Gasteiger partial charge in [-0.25, -0.2) is 9.78 Å². The Hall–Kier alpha value is -1.67. The molecule has 0 spiro atoms. The van der Waals surface area contributed by atoms with Gasteiger partial charge in [-0.05, 0) is 51.4 Å². The minimum atomic E-state index is -0.0388. The van der Waals surface area contributed by atoms with Crippen LogP contribution >= 0.6 is 11.3 Å². The van der Waals surface area contributed by atoms with Crippen molar-refractivity contribution in [3.8, 4) is 0 Å². The van der Waals surface area contributed by atoms with Crippen LogP contribution < -0.4 is 5.32 Å². The first-order chi connectivity index (χ1) is 14.0. The molecular formula is C21H34N4O3S. The van der Waals surface area contributed by atoms with E-state index in [-0.39, 0.29) is 24.0 Å². The fraction of sp³-hybridized carbons (Fsp3) is 0.762. The number of hydrogen-bond donors (Lipinski definition) is 1. The number of hydrogen-bond acceptors (Lipinski definition) is 5. The lowest BCUT2D eigenvalue weighted by Crippen LogP contribution is -2.54. The van der Waals surface area contributed by atoms with Gasteiger partial charge in [0.05, 0.1) is 13.0 Å². The molecule has 1 aliphatic carbocycles. The fourth-order valence-electron chi connectivity index (χ4n) is 4.46. The molecule has 0 radical (unpaired) electrons. The molecule has 162 valence electrons. The van der Waals surface area contributed by atoms with Gasteiger partial charge < -0.3 is 14.5 Å². The average molecular weight is 423 g/mol. The molecule has 7 nitrogen and oxygen atoms in total. The van der Waals surface area contributed by atoms with Gasteiger partial charge in [0.15, 0.2) is 5.13 Å². The average Bonchev–Trinajstić information content (AvgIpc) is 3.13. The van der Waals surface area contributed by atoms with Gasteiger partial charge >= 0.3 is 6.03 Å². The van der Waals surface area contributed by atoms with E-state index in [1.165, 1.54) is 24.2 Å². The Morgan fingerprint density at radius 1 is 1.21 bits per heavy atom. The number of rotatable bonds is 6. The SMILES string of the molecule is COCCC(=O)N1CCC(N(C(=O)Nc2ncc(C)s2)[C@H]2CC[C@H](C)CC2)CC1. The zero-order chi connectivity index (χ0) is 20.8. The first-order valence-electron chi connectivity index (χ1n) is 10.8. The van der Waals surface area contributed by atoms with Crippen molar-refractivity contribution in [2.24, 2.45) is 5.92 Å². The van der Waals surface area contributed by atoms with Gasteiger partial charge in [-0.1, -0.05) is 6.92 Å². The van der Waals surface area contributed by atoms with Gasteiger partial charge in [0.2, 0.25) is 5.91 Å². The van der Waals surface area contributed by atoms with Crippen LogP contribution in [0.4, 0.5) is 9.93 Å². The number of amides is 3. The quantitative estimate of drug-likeness (QED) is 0.755. The van der Waals surface area contributed by atoms with E-state index in [2.05, 4.69) is 22.1 Å². The van der Waals surface area contributed by atoms with Crippen molar-refractivity contribution in [3.63, 3.8) is 0 Å². The molecule has 1 aliphatic heterocycles. The van der Waals surface area contributed by atoms with Crippen LogP contribution in [0, 0.1) is 12.8 Å². The first-order valence-corrected chi connectivity index (χ1v) is 11.6. The number of carbonyl (C=O) groups is 2. The van der Waals surface area contributed by atoms with E-state index < -0.39 is 0 Å². The number of carbonyl (C=O) groups excluding carboxylic acids is 2. The van der Waals surface area contributed by atoms with Crippen LogP contribution in [0.2, 0.25) is 0 Å². The number of nitrogens with zero attached hydrogens (tertiary/aromatic N) is 3. The summed E-state index contributed by atoms with van der Waals surface area (Å²) < 4.78 is 5.03. The molecule has 3 amide bonds. The van der Waals surface area contributed by atoms with Gasteiger partial charge in [-0.2, -0.15) is 0 Å². The monoisotopic (exact) mass is 422 g/mol. The number of thiazole rings is 1. The summed E-state index contributed by atoms with van der Waals surface area (Å²) in [5.41, 5.74) is 0. The second kappa shape index (κ2) is 10.4. The van der Waals surface area contributed by atoms with E-state index >= 15 is 0 Å². The Labute approximate surface area is 177 Å². The molecule has 1 aromatic heterocycles. The van der Waals surface area contributed by atoms with Gasteiger partial charge in [0.25, 0.3) is 0 Å². The van der Waals surface area contributed by atoms with Crippen LogP contribution in [0.15, 0.2) is 6.20 Å². The maximum Gasteiger partial charge on any atom is 0.324 e. The molecule has 8 heteroatoms. The van der Waals surface area contributed by atoms with Crippen LogP contribution in [-0.2, 0) is 9.53 Å². The molecule has 1 saturated heterocycles. The third kappa shape index (κ3) is 5.92. The molecule has 0 atom stereocenters. The zero-order valence-corrected chi connectivity index (χ0v) is 18.7. The summed E-state index contributed by atoms with van der Waals surface area (Å²) in [6.07, 6.45) is 8.31. The second-order valence-corrected chi connectivity index (χ2v) is 9.62. The standard InChI is InChI=1S/C21H34N4O3S/c1-15-4-6-17(7-5-15)25(21(27)23-20-22-14-16(2)29-20)18-8-11-24(12-9-18)19(26)10-13-28-3/h14-15,17-18H,4-13H2,1-3H3,(H,22,23,27)/t15-,17-. The third-order valence-corrected chi connectivity index (χ3v) is 7.01. The minimum Gasteiger partial charge on any atom is -0.384 e. The van der Waals surface area contributed by atoms with Crippen molar-refractivity contribution < 1.29 is 14.3 Å². The number of urea groups is 1. The summed E-state index contributed by atoms with van der Waals surface area (Å²) in [6, 6.07) is 0.400. The maximum absolute atomic E-state index is 13.2. The lowest BCUT2D eigenvalue weighted by atomic mass is 9.85. The molecule has 1 N–H and O–H groups in total. The number of nitrogens with one attached hydrogen (secondary N) is 1. The summed E-state index contributed by atoms with van der Waals surface area (Å²) in [5, 5.41) is 3.69. The Morgan fingerprint density at radius 2 is 1.86 bits per heavy atom. The molecule has 0 unspecified atom stereocenters. The Balaban J connectivity index is 1.65. The second-order valence-electron chi connectivity index (χ2n) is 8.38. The van der Waals surface area contributed by atoms with Gasteiger partial charge in [0, 0.05) is 43.4 Å². The topological polar surface area (TPSA) is 74.8 Å². The number of piperidine rings is 1.